The van der Waals surface area contributed by atoms with Crippen LogP contribution in [0.25, 0.3) is 5.69 Å². The van der Waals surface area contributed by atoms with E-state index in [9.17, 15) is 0 Å². The number of halogens is 2. The number of benzene rings is 2. The standard InChI is InChI=1S/C28H26Cl2N4S/c1-16-11-17(2)13-21(12-16)34-27(26(32-28(34)35)24-7-5-6-10-31-24)22-14-18(3)33(19(22)4)25-9-8-20(29)15-23(25)30/h5-15,26-27H,1-4H3,(H,32,35)/t26-,27+/m1/s1. The Morgan fingerprint density at radius 1 is 0.914 bits per heavy atom. The highest BCUT2D eigenvalue weighted by Gasteiger charge is 2.42. The third-order valence-electron chi connectivity index (χ3n) is 6.52. The molecule has 0 spiro atoms. The van der Waals surface area contributed by atoms with E-state index >= 15 is 0 Å². The second kappa shape index (κ2) is 9.30. The minimum absolute atomic E-state index is 0.0929. The van der Waals surface area contributed by atoms with E-state index in [2.05, 4.69) is 71.7 Å². The van der Waals surface area contributed by atoms with Crippen molar-refractivity contribution in [3.05, 3.63) is 111 Å². The van der Waals surface area contributed by atoms with E-state index in [0.717, 1.165) is 34.0 Å². The zero-order valence-electron chi connectivity index (χ0n) is 20.0. The molecule has 35 heavy (non-hydrogen) atoms. The van der Waals surface area contributed by atoms with Crippen molar-refractivity contribution in [2.45, 2.75) is 39.8 Å². The largest absolute Gasteiger partial charge is 0.351 e. The first-order valence-corrected chi connectivity index (χ1v) is 12.6. The summed E-state index contributed by atoms with van der Waals surface area (Å²) in [5, 5.41) is 5.47. The Bertz CT molecular complexity index is 1410. The third-order valence-corrected chi connectivity index (χ3v) is 7.37. The molecule has 0 radical (unpaired) electrons. The van der Waals surface area contributed by atoms with Crippen LogP contribution in [-0.2, 0) is 0 Å². The second-order valence-electron chi connectivity index (χ2n) is 9.10. The summed E-state index contributed by atoms with van der Waals surface area (Å²) < 4.78 is 2.19. The molecule has 0 aliphatic carbocycles. The van der Waals surface area contributed by atoms with Gasteiger partial charge in [0.25, 0.3) is 0 Å². The van der Waals surface area contributed by atoms with Crippen LogP contribution in [0.15, 0.2) is 66.9 Å². The number of hydrogen-bond donors (Lipinski definition) is 1. The van der Waals surface area contributed by atoms with Crippen molar-refractivity contribution in [3.8, 4) is 5.69 Å². The maximum absolute atomic E-state index is 6.63. The Kier molecular flexibility index (Phi) is 6.34. The number of hydrogen-bond acceptors (Lipinski definition) is 2. The van der Waals surface area contributed by atoms with Crippen LogP contribution in [-0.4, -0.2) is 14.7 Å². The van der Waals surface area contributed by atoms with Gasteiger partial charge in [-0.3, -0.25) is 4.98 Å². The average molecular weight is 522 g/mol. The average Bonchev–Trinajstić information content (AvgIpc) is 3.29. The Hall–Kier alpha value is -2.86. The first-order valence-electron chi connectivity index (χ1n) is 11.5. The highest BCUT2D eigenvalue weighted by molar-refractivity contribution is 7.80. The van der Waals surface area contributed by atoms with Gasteiger partial charge in [0.05, 0.1) is 28.5 Å². The van der Waals surface area contributed by atoms with Gasteiger partial charge in [0.1, 0.15) is 0 Å². The van der Waals surface area contributed by atoms with E-state index in [4.69, 9.17) is 35.4 Å². The first kappa shape index (κ1) is 23.9. The summed E-state index contributed by atoms with van der Waals surface area (Å²) in [4.78, 5) is 6.91. The van der Waals surface area contributed by atoms with Crippen molar-refractivity contribution in [3.63, 3.8) is 0 Å². The fourth-order valence-corrected chi connectivity index (χ4v) is 6.00. The Labute approximate surface area is 221 Å². The number of thiocarbonyl (C=S) groups is 1. The fourth-order valence-electron chi connectivity index (χ4n) is 5.16. The normalized spacial score (nSPS) is 17.7. The highest BCUT2D eigenvalue weighted by atomic mass is 35.5. The summed E-state index contributed by atoms with van der Waals surface area (Å²) >= 11 is 18.7. The highest BCUT2D eigenvalue weighted by Crippen LogP contribution is 2.44. The van der Waals surface area contributed by atoms with Gasteiger partial charge in [-0.05, 0) is 105 Å². The van der Waals surface area contributed by atoms with E-state index in [0.29, 0.717) is 15.2 Å². The van der Waals surface area contributed by atoms with Crippen LogP contribution in [0.4, 0.5) is 5.69 Å². The van der Waals surface area contributed by atoms with Crippen molar-refractivity contribution in [2.75, 3.05) is 4.90 Å². The van der Waals surface area contributed by atoms with Crippen LogP contribution in [0.1, 0.15) is 45.9 Å². The van der Waals surface area contributed by atoms with Gasteiger partial charge in [0.2, 0.25) is 0 Å². The molecule has 0 amide bonds. The van der Waals surface area contributed by atoms with Gasteiger partial charge in [-0.2, -0.15) is 0 Å². The fraction of sp³-hybridized carbons (Fsp3) is 0.214. The van der Waals surface area contributed by atoms with Gasteiger partial charge in [-0.15, -0.1) is 0 Å². The zero-order chi connectivity index (χ0) is 24.9. The molecule has 0 saturated carbocycles. The van der Waals surface area contributed by atoms with Gasteiger partial charge < -0.3 is 14.8 Å². The smallest absolute Gasteiger partial charge is 0.174 e. The molecular weight excluding hydrogens is 495 g/mol. The number of nitrogens with zero attached hydrogens (tertiary/aromatic N) is 3. The summed E-state index contributed by atoms with van der Waals surface area (Å²) in [5.41, 5.74) is 8.65. The van der Waals surface area contributed by atoms with Crippen LogP contribution >= 0.6 is 35.4 Å². The van der Waals surface area contributed by atoms with E-state index in [-0.39, 0.29) is 12.1 Å². The third kappa shape index (κ3) is 4.33. The molecule has 0 unspecified atom stereocenters. The number of nitrogens with one attached hydrogen (secondary N) is 1. The summed E-state index contributed by atoms with van der Waals surface area (Å²) in [7, 11) is 0. The lowest BCUT2D eigenvalue weighted by atomic mass is 9.96. The summed E-state index contributed by atoms with van der Waals surface area (Å²) in [5.74, 6) is 0. The van der Waals surface area contributed by atoms with Crippen molar-refractivity contribution in [2.24, 2.45) is 0 Å². The lowest BCUT2D eigenvalue weighted by Gasteiger charge is -2.29. The molecule has 5 rings (SSSR count). The molecule has 0 bridgehead atoms. The molecule has 2 aromatic heterocycles. The van der Waals surface area contributed by atoms with Crippen molar-refractivity contribution >= 4 is 46.2 Å². The molecule has 7 heteroatoms. The van der Waals surface area contributed by atoms with Gasteiger partial charge in [-0.1, -0.05) is 35.3 Å². The van der Waals surface area contributed by atoms with Gasteiger partial charge in [-0.25, -0.2) is 0 Å². The van der Waals surface area contributed by atoms with E-state index in [1.165, 1.54) is 11.1 Å². The van der Waals surface area contributed by atoms with E-state index in [1.54, 1.807) is 6.07 Å². The molecule has 1 aliphatic rings. The first-order chi connectivity index (χ1) is 16.7. The Morgan fingerprint density at radius 2 is 1.66 bits per heavy atom. The van der Waals surface area contributed by atoms with Crippen LogP contribution in [0.5, 0.6) is 0 Å². The molecular formula is C28H26Cl2N4S. The summed E-state index contributed by atoms with van der Waals surface area (Å²) in [6.07, 6.45) is 1.83. The van der Waals surface area contributed by atoms with Crippen LogP contribution < -0.4 is 10.2 Å². The zero-order valence-corrected chi connectivity index (χ0v) is 22.3. The molecule has 4 aromatic rings. The van der Waals surface area contributed by atoms with Gasteiger partial charge in [0.15, 0.2) is 5.11 Å². The molecule has 1 N–H and O–H groups in total. The van der Waals surface area contributed by atoms with E-state index in [1.807, 2.05) is 36.5 Å². The van der Waals surface area contributed by atoms with E-state index < -0.39 is 0 Å². The Balaban J connectivity index is 1.71. The minimum Gasteiger partial charge on any atom is -0.351 e. The SMILES string of the molecule is Cc1cc(C)cc(N2C(=S)N[C@H](c3ccccn3)[C@@H]2c2cc(C)n(-c3ccc(Cl)cc3Cl)c2C)c1. The monoisotopic (exact) mass is 520 g/mol. The lowest BCUT2D eigenvalue weighted by molar-refractivity contribution is 0.565. The maximum atomic E-state index is 6.63. The van der Waals surface area contributed by atoms with Crippen molar-refractivity contribution in [1.82, 2.24) is 14.9 Å². The molecule has 1 aliphatic heterocycles. The molecule has 3 heterocycles. The topological polar surface area (TPSA) is 33.1 Å². The molecule has 1 saturated heterocycles. The summed E-state index contributed by atoms with van der Waals surface area (Å²) in [6, 6.07) is 20.2. The van der Waals surface area contributed by atoms with Crippen LogP contribution in [0.3, 0.4) is 0 Å². The van der Waals surface area contributed by atoms with Gasteiger partial charge >= 0.3 is 0 Å². The van der Waals surface area contributed by atoms with Crippen molar-refractivity contribution in [1.29, 1.82) is 0 Å². The Morgan fingerprint density at radius 3 is 2.31 bits per heavy atom. The second-order valence-corrected chi connectivity index (χ2v) is 10.3. The number of rotatable bonds is 4. The molecule has 4 nitrogen and oxygen atoms in total. The number of pyridine rings is 1. The molecule has 2 aromatic carbocycles. The predicted octanol–water partition coefficient (Wildman–Crippen LogP) is 7.59. The number of aryl methyl sites for hydroxylation is 3. The van der Waals surface area contributed by atoms with Gasteiger partial charge in [0, 0.05) is 28.3 Å². The van der Waals surface area contributed by atoms with Crippen LogP contribution in [0, 0.1) is 27.7 Å². The molecule has 1 fully saturated rings. The maximum Gasteiger partial charge on any atom is 0.174 e. The van der Waals surface area contributed by atoms with Crippen molar-refractivity contribution < 1.29 is 0 Å². The summed E-state index contributed by atoms with van der Waals surface area (Å²) in [6.45, 7) is 8.45. The number of anilines is 1. The quantitative estimate of drug-likeness (QED) is 0.281. The molecule has 178 valence electrons. The molecule has 2 atom stereocenters. The van der Waals surface area contributed by atoms with Crippen LogP contribution in [0.2, 0.25) is 10.0 Å². The lowest BCUT2D eigenvalue weighted by Crippen LogP contribution is -2.29. The minimum atomic E-state index is -0.112. The predicted molar refractivity (Wildman–Crippen MR) is 149 cm³/mol. The number of aromatic nitrogens is 2.